The lowest BCUT2D eigenvalue weighted by Gasteiger charge is -2.18. The van der Waals surface area contributed by atoms with Crippen molar-refractivity contribution in [1.29, 1.82) is 0 Å². The second-order valence-electron chi connectivity index (χ2n) is 6.05. The third kappa shape index (κ3) is 3.17. The first kappa shape index (κ1) is 16.9. The van der Waals surface area contributed by atoms with Gasteiger partial charge in [0.15, 0.2) is 9.84 Å². The van der Waals surface area contributed by atoms with E-state index in [4.69, 9.17) is 0 Å². The minimum absolute atomic E-state index is 0.0268. The molecule has 0 bridgehead atoms. The molecule has 2 aromatic rings. The van der Waals surface area contributed by atoms with Gasteiger partial charge >= 0.3 is 0 Å². The number of aliphatic hydroxyl groups excluding tert-OH is 1. The second-order valence-corrected chi connectivity index (χ2v) is 8.33. The molecular weight excluding hydrogens is 320 g/mol. The Morgan fingerprint density at radius 2 is 1.79 bits per heavy atom. The van der Waals surface area contributed by atoms with E-state index in [0.717, 1.165) is 18.4 Å². The fourth-order valence-electron chi connectivity index (χ4n) is 3.36. The van der Waals surface area contributed by atoms with E-state index < -0.39 is 9.84 Å². The molecule has 0 aliphatic heterocycles. The van der Waals surface area contributed by atoms with Gasteiger partial charge in [-0.25, -0.2) is 8.42 Å². The monoisotopic (exact) mass is 342 g/mol. The third-order valence-corrected chi connectivity index (χ3v) is 6.41. The van der Waals surface area contributed by atoms with Crippen LogP contribution in [0.3, 0.4) is 0 Å². The van der Waals surface area contributed by atoms with Crippen molar-refractivity contribution in [3.05, 3.63) is 76.9 Å². The summed E-state index contributed by atoms with van der Waals surface area (Å²) in [5.41, 5.74) is 4.67. The molecule has 0 spiro atoms. The van der Waals surface area contributed by atoms with Crippen molar-refractivity contribution in [1.82, 2.24) is 0 Å². The molecule has 1 unspecified atom stereocenters. The maximum atomic E-state index is 12.3. The number of hydrogen-bond acceptors (Lipinski definition) is 3. The van der Waals surface area contributed by atoms with E-state index in [2.05, 4.69) is 12.1 Å². The Bertz CT molecular complexity index is 866. The Morgan fingerprint density at radius 1 is 1.08 bits per heavy atom. The van der Waals surface area contributed by atoms with Gasteiger partial charge in [0.1, 0.15) is 0 Å². The van der Waals surface area contributed by atoms with Gasteiger partial charge in [0.05, 0.1) is 17.3 Å². The average Bonchev–Trinajstić information content (AvgIpc) is 2.76. The van der Waals surface area contributed by atoms with Crippen LogP contribution in [-0.2, 0) is 22.7 Å². The first-order valence-electron chi connectivity index (χ1n) is 8.27. The molecule has 0 amide bonds. The van der Waals surface area contributed by atoms with Gasteiger partial charge in [0.25, 0.3) is 0 Å². The van der Waals surface area contributed by atoms with E-state index in [9.17, 15) is 13.5 Å². The number of aliphatic hydroxyl groups is 1. The number of allylic oxidation sites excluding steroid dienone is 1. The molecule has 1 aliphatic rings. The van der Waals surface area contributed by atoms with Crippen molar-refractivity contribution in [2.45, 2.75) is 30.6 Å². The highest BCUT2D eigenvalue weighted by Gasteiger charge is 2.23. The zero-order chi connectivity index (χ0) is 17.2. The maximum Gasteiger partial charge on any atom is 0.178 e. The van der Waals surface area contributed by atoms with Crippen molar-refractivity contribution in [3.8, 4) is 0 Å². The molecule has 0 aromatic heterocycles. The van der Waals surface area contributed by atoms with Crippen molar-refractivity contribution in [2.75, 3.05) is 12.4 Å². The molecule has 3 nitrogen and oxygen atoms in total. The zero-order valence-corrected chi connectivity index (χ0v) is 14.6. The molecule has 0 saturated heterocycles. The Kier molecular flexibility index (Phi) is 4.88. The van der Waals surface area contributed by atoms with Gasteiger partial charge in [-0.15, -0.1) is 0 Å². The number of benzene rings is 2. The quantitative estimate of drug-likeness (QED) is 0.868. The van der Waals surface area contributed by atoms with Gasteiger partial charge in [-0.1, -0.05) is 49.4 Å². The van der Waals surface area contributed by atoms with Crippen LogP contribution in [0.5, 0.6) is 0 Å². The molecule has 4 heteroatoms. The highest BCUT2D eigenvalue weighted by Crippen LogP contribution is 2.36. The van der Waals surface area contributed by atoms with Gasteiger partial charge in [-0.05, 0) is 47.2 Å². The minimum Gasteiger partial charge on any atom is -0.392 e. The Balaban J connectivity index is 2.20. The molecular formula is C20H22O3S. The van der Waals surface area contributed by atoms with E-state index in [-0.39, 0.29) is 18.3 Å². The predicted molar refractivity (Wildman–Crippen MR) is 96.1 cm³/mol. The zero-order valence-electron chi connectivity index (χ0n) is 13.8. The van der Waals surface area contributed by atoms with E-state index in [1.54, 1.807) is 19.1 Å². The van der Waals surface area contributed by atoms with Crippen molar-refractivity contribution >= 4 is 9.84 Å². The smallest absolute Gasteiger partial charge is 0.178 e. The molecule has 0 heterocycles. The van der Waals surface area contributed by atoms with Gasteiger partial charge in [-0.2, -0.15) is 0 Å². The Hall–Kier alpha value is -1.91. The van der Waals surface area contributed by atoms with Crippen molar-refractivity contribution in [3.63, 3.8) is 0 Å². The van der Waals surface area contributed by atoms with Gasteiger partial charge in [0, 0.05) is 5.92 Å². The van der Waals surface area contributed by atoms with Crippen LogP contribution in [0.1, 0.15) is 35.1 Å². The fraction of sp³-hybridized carbons (Fsp3) is 0.300. The molecule has 3 rings (SSSR count). The molecule has 24 heavy (non-hydrogen) atoms. The highest BCUT2D eigenvalue weighted by molar-refractivity contribution is 7.91. The van der Waals surface area contributed by atoms with Crippen LogP contribution in [0.25, 0.3) is 0 Å². The lowest BCUT2D eigenvalue weighted by atomic mass is 9.88. The van der Waals surface area contributed by atoms with Crippen LogP contribution >= 0.6 is 0 Å². The highest BCUT2D eigenvalue weighted by atomic mass is 32.2. The summed E-state index contributed by atoms with van der Waals surface area (Å²) in [5, 5.41) is 9.20. The molecule has 2 aromatic carbocycles. The summed E-state index contributed by atoms with van der Waals surface area (Å²) in [7, 11) is -3.24. The SMILES string of the molecule is CCS(=O)(=O)c1ccc2c(c1)C(/C=C\CO)c1ccccc1CC2. The summed E-state index contributed by atoms with van der Waals surface area (Å²) < 4.78 is 24.6. The van der Waals surface area contributed by atoms with Crippen LogP contribution in [0, 0.1) is 0 Å². The number of rotatable bonds is 4. The molecule has 0 radical (unpaired) electrons. The first-order chi connectivity index (χ1) is 11.6. The van der Waals surface area contributed by atoms with Crippen molar-refractivity contribution in [2.24, 2.45) is 0 Å². The average molecular weight is 342 g/mol. The third-order valence-electron chi connectivity index (χ3n) is 4.68. The molecule has 126 valence electrons. The van der Waals surface area contributed by atoms with Crippen LogP contribution in [0.15, 0.2) is 59.5 Å². The number of hydrogen-bond donors (Lipinski definition) is 1. The summed E-state index contributed by atoms with van der Waals surface area (Å²) in [6.07, 6.45) is 5.54. The summed E-state index contributed by atoms with van der Waals surface area (Å²) in [6.45, 7) is 1.64. The van der Waals surface area contributed by atoms with Crippen molar-refractivity contribution < 1.29 is 13.5 Å². The van der Waals surface area contributed by atoms with Crippen LogP contribution in [0.4, 0.5) is 0 Å². The van der Waals surface area contributed by atoms with E-state index in [1.165, 1.54) is 16.7 Å². The normalized spacial score (nSPS) is 17.3. The lowest BCUT2D eigenvalue weighted by molar-refractivity contribution is 0.342. The fourth-order valence-corrected chi connectivity index (χ4v) is 4.27. The van der Waals surface area contributed by atoms with Gasteiger partial charge < -0.3 is 5.11 Å². The molecule has 1 aliphatic carbocycles. The van der Waals surface area contributed by atoms with Gasteiger partial charge in [-0.3, -0.25) is 0 Å². The van der Waals surface area contributed by atoms with E-state index in [0.29, 0.717) is 4.90 Å². The molecule has 0 saturated carbocycles. The van der Waals surface area contributed by atoms with E-state index in [1.807, 2.05) is 30.3 Å². The predicted octanol–water partition coefficient (Wildman–Crippen LogP) is 3.26. The second kappa shape index (κ2) is 6.91. The van der Waals surface area contributed by atoms with Crippen LogP contribution < -0.4 is 0 Å². The van der Waals surface area contributed by atoms with E-state index >= 15 is 0 Å². The summed E-state index contributed by atoms with van der Waals surface area (Å²) in [4.78, 5) is 0.380. The first-order valence-corrected chi connectivity index (χ1v) is 9.93. The lowest BCUT2D eigenvalue weighted by Crippen LogP contribution is -2.07. The largest absolute Gasteiger partial charge is 0.392 e. The summed E-state index contributed by atoms with van der Waals surface area (Å²) in [5.74, 6) is 0.0670. The van der Waals surface area contributed by atoms with Crippen LogP contribution in [0.2, 0.25) is 0 Å². The number of aryl methyl sites for hydroxylation is 2. The minimum atomic E-state index is -3.24. The Morgan fingerprint density at radius 3 is 2.50 bits per heavy atom. The standard InChI is InChI=1S/C20H22O3S/c1-2-24(22,23)17-12-11-16-10-9-15-6-3-4-7-18(15)19(8-5-13-21)20(16)14-17/h3-8,11-12,14,19,21H,2,9-10,13H2,1H3/b8-5-. The Labute approximate surface area is 143 Å². The summed E-state index contributed by atoms with van der Waals surface area (Å²) >= 11 is 0. The molecule has 1 N–H and O–H groups in total. The van der Waals surface area contributed by atoms with Crippen LogP contribution in [-0.4, -0.2) is 25.9 Å². The number of sulfone groups is 1. The number of fused-ring (bicyclic) bond motifs is 2. The summed E-state index contributed by atoms with van der Waals surface area (Å²) in [6, 6.07) is 13.8. The maximum absolute atomic E-state index is 12.3. The molecule has 0 fully saturated rings. The topological polar surface area (TPSA) is 54.4 Å². The van der Waals surface area contributed by atoms with Gasteiger partial charge in [0.2, 0.25) is 0 Å². The molecule has 1 atom stereocenters.